The number of aryl methyl sites for hydroxylation is 1. The summed E-state index contributed by atoms with van der Waals surface area (Å²) >= 11 is 1.34. The third-order valence-electron chi connectivity index (χ3n) is 1.58. The highest BCUT2D eigenvalue weighted by molar-refractivity contribution is 7.99. The van der Waals surface area contributed by atoms with Gasteiger partial charge >= 0.3 is 0 Å². The molecular weight excluding hydrogens is 203 g/mol. The molecule has 0 atom stereocenters. The van der Waals surface area contributed by atoms with Crippen LogP contribution >= 0.6 is 11.8 Å². The number of hydrogen-bond acceptors (Lipinski definition) is 4. The third kappa shape index (κ3) is 1.90. The van der Waals surface area contributed by atoms with Crippen molar-refractivity contribution in [1.29, 1.82) is 0 Å². The van der Waals surface area contributed by atoms with E-state index >= 15 is 0 Å². The van der Waals surface area contributed by atoms with Gasteiger partial charge in [-0.15, -0.1) is 10.2 Å². The molecule has 2 rings (SSSR count). The number of pyridine rings is 1. The average Bonchev–Trinajstić information content (AvgIpc) is 2.52. The molecule has 0 saturated heterocycles. The molecule has 72 valence electrons. The van der Waals surface area contributed by atoms with Crippen molar-refractivity contribution in [2.45, 2.75) is 10.1 Å². The highest BCUT2D eigenvalue weighted by Gasteiger charge is 2.04. The molecule has 0 aliphatic rings. The van der Waals surface area contributed by atoms with Gasteiger partial charge in [-0.1, -0.05) is 0 Å². The first-order valence-corrected chi connectivity index (χ1v) is 4.71. The van der Waals surface area contributed by atoms with Gasteiger partial charge in [0.25, 0.3) is 0 Å². The zero-order valence-corrected chi connectivity index (χ0v) is 8.20. The summed E-state index contributed by atoms with van der Waals surface area (Å²) in [7, 11) is 1.83. The molecule has 4 nitrogen and oxygen atoms in total. The molecular formula is C8H7FN4S. The molecule has 0 aromatic carbocycles. The number of aromatic nitrogens is 4. The summed E-state index contributed by atoms with van der Waals surface area (Å²) in [6, 6.07) is 3.09. The van der Waals surface area contributed by atoms with Crippen LogP contribution in [0.3, 0.4) is 0 Å². The second kappa shape index (κ2) is 3.75. The van der Waals surface area contributed by atoms with E-state index in [1.54, 1.807) is 17.0 Å². The third-order valence-corrected chi connectivity index (χ3v) is 2.62. The fourth-order valence-corrected chi connectivity index (χ4v) is 1.69. The summed E-state index contributed by atoms with van der Waals surface area (Å²) in [5, 5.41) is 8.31. The number of nitrogens with zero attached hydrogens (tertiary/aromatic N) is 4. The van der Waals surface area contributed by atoms with Crippen LogP contribution in [0.25, 0.3) is 0 Å². The largest absolute Gasteiger partial charge is 0.311 e. The molecule has 0 aliphatic carbocycles. The van der Waals surface area contributed by atoms with Crippen molar-refractivity contribution in [2.24, 2.45) is 7.05 Å². The first-order valence-electron chi connectivity index (χ1n) is 3.89. The predicted molar refractivity (Wildman–Crippen MR) is 49.3 cm³/mol. The maximum absolute atomic E-state index is 12.7. The Morgan fingerprint density at radius 1 is 1.50 bits per heavy atom. The normalized spacial score (nSPS) is 10.4. The Balaban J connectivity index is 2.23. The molecule has 2 aromatic heterocycles. The molecule has 0 saturated carbocycles. The van der Waals surface area contributed by atoms with Crippen molar-refractivity contribution in [3.63, 3.8) is 0 Å². The van der Waals surface area contributed by atoms with E-state index in [1.165, 1.54) is 24.0 Å². The highest BCUT2D eigenvalue weighted by Crippen LogP contribution is 2.24. The molecule has 0 spiro atoms. The van der Waals surface area contributed by atoms with Crippen LogP contribution in [0, 0.1) is 5.95 Å². The molecule has 0 radical (unpaired) electrons. The molecule has 2 heterocycles. The van der Waals surface area contributed by atoms with Crippen LogP contribution in [0.4, 0.5) is 4.39 Å². The van der Waals surface area contributed by atoms with Gasteiger partial charge in [0.2, 0.25) is 5.95 Å². The Morgan fingerprint density at radius 3 is 3.00 bits per heavy atom. The first kappa shape index (κ1) is 9.14. The fraction of sp³-hybridized carbons (Fsp3) is 0.125. The Hall–Kier alpha value is -1.43. The zero-order chi connectivity index (χ0) is 9.97. The lowest BCUT2D eigenvalue weighted by Gasteiger charge is -1.99. The van der Waals surface area contributed by atoms with E-state index in [9.17, 15) is 4.39 Å². The summed E-state index contributed by atoms with van der Waals surface area (Å²) in [6.45, 7) is 0. The second-order valence-electron chi connectivity index (χ2n) is 2.64. The molecule has 0 N–H and O–H groups in total. The van der Waals surface area contributed by atoms with Crippen LogP contribution < -0.4 is 0 Å². The number of rotatable bonds is 2. The van der Waals surface area contributed by atoms with E-state index in [-0.39, 0.29) is 0 Å². The van der Waals surface area contributed by atoms with Crippen LogP contribution in [0.5, 0.6) is 0 Å². The molecule has 0 fully saturated rings. The van der Waals surface area contributed by atoms with Gasteiger partial charge in [-0.25, -0.2) is 4.98 Å². The predicted octanol–water partition coefficient (Wildman–Crippen LogP) is 1.50. The average molecular weight is 210 g/mol. The summed E-state index contributed by atoms with van der Waals surface area (Å²) < 4.78 is 14.5. The van der Waals surface area contributed by atoms with Gasteiger partial charge in [0.05, 0.1) is 0 Å². The van der Waals surface area contributed by atoms with Crippen molar-refractivity contribution in [1.82, 2.24) is 19.7 Å². The van der Waals surface area contributed by atoms with Crippen molar-refractivity contribution in [3.05, 3.63) is 30.6 Å². The van der Waals surface area contributed by atoms with Gasteiger partial charge in [-0.3, -0.25) is 0 Å². The lowest BCUT2D eigenvalue weighted by Crippen LogP contribution is -1.89. The van der Waals surface area contributed by atoms with E-state index in [2.05, 4.69) is 15.2 Å². The first-order chi connectivity index (χ1) is 6.75. The summed E-state index contributed by atoms with van der Waals surface area (Å²) in [6.07, 6.45) is 3.02. The van der Waals surface area contributed by atoms with Crippen LogP contribution in [-0.2, 0) is 7.05 Å². The van der Waals surface area contributed by atoms with Crippen LogP contribution in [0.2, 0.25) is 0 Å². The number of halogens is 1. The van der Waals surface area contributed by atoms with Gasteiger partial charge in [0.15, 0.2) is 5.16 Å². The molecule has 14 heavy (non-hydrogen) atoms. The Labute approximate surface area is 84.2 Å². The molecule has 0 amide bonds. The smallest absolute Gasteiger partial charge is 0.213 e. The maximum atomic E-state index is 12.7. The standard InChI is InChI=1S/C8H7FN4S/c1-13-5-11-12-8(13)14-6-2-3-10-7(9)4-6/h2-5H,1H3. The maximum Gasteiger partial charge on any atom is 0.213 e. The number of hydrogen-bond donors (Lipinski definition) is 0. The topological polar surface area (TPSA) is 43.6 Å². The molecule has 0 bridgehead atoms. The minimum absolute atomic E-state index is 0.489. The monoisotopic (exact) mass is 210 g/mol. The van der Waals surface area contributed by atoms with Gasteiger partial charge in [0, 0.05) is 24.2 Å². The van der Waals surface area contributed by atoms with Crippen molar-refractivity contribution >= 4 is 11.8 Å². The van der Waals surface area contributed by atoms with Gasteiger partial charge in [0.1, 0.15) is 6.33 Å². The zero-order valence-electron chi connectivity index (χ0n) is 7.38. The summed E-state index contributed by atoms with van der Waals surface area (Å²) in [5.74, 6) is -0.489. The minimum Gasteiger partial charge on any atom is -0.311 e. The summed E-state index contributed by atoms with van der Waals surface area (Å²) in [4.78, 5) is 4.23. The quantitative estimate of drug-likeness (QED) is 0.704. The van der Waals surface area contributed by atoms with Crippen molar-refractivity contribution < 1.29 is 4.39 Å². The van der Waals surface area contributed by atoms with Gasteiger partial charge < -0.3 is 4.57 Å². The highest BCUT2D eigenvalue weighted by atomic mass is 32.2. The van der Waals surface area contributed by atoms with E-state index in [0.29, 0.717) is 0 Å². The Morgan fingerprint density at radius 2 is 2.36 bits per heavy atom. The molecule has 2 aromatic rings. The molecule has 0 aliphatic heterocycles. The minimum atomic E-state index is -0.489. The SMILES string of the molecule is Cn1cnnc1Sc1ccnc(F)c1. The van der Waals surface area contributed by atoms with E-state index in [1.807, 2.05) is 7.05 Å². The van der Waals surface area contributed by atoms with Crippen molar-refractivity contribution in [2.75, 3.05) is 0 Å². The van der Waals surface area contributed by atoms with Gasteiger partial charge in [-0.2, -0.15) is 4.39 Å². The molecule has 0 unspecified atom stereocenters. The Kier molecular flexibility index (Phi) is 2.45. The second-order valence-corrected chi connectivity index (χ2v) is 3.68. The van der Waals surface area contributed by atoms with Crippen LogP contribution in [-0.4, -0.2) is 19.7 Å². The summed E-state index contributed by atoms with van der Waals surface area (Å²) in [5.41, 5.74) is 0. The van der Waals surface area contributed by atoms with E-state index < -0.39 is 5.95 Å². The fourth-order valence-electron chi connectivity index (χ4n) is 0.919. The van der Waals surface area contributed by atoms with Gasteiger partial charge in [-0.05, 0) is 17.8 Å². The van der Waals surface area contributed by atoms with Crippen LogP contribution in [0.15, 0.2) is 34.7 Å². The lowest BCUT2D eigenvalue weighted by atomic mass is 10.5. The van der Waals surface area contributed by atoms with E-state index in [4.69, 9.17) is 0 Å². The molecule has 6 heteroatoms. The van der Waals surface area contributed by atoms with E-state index in [0.717, 1.165) is 10.1 Å². The Bertz CT molecular complexity index is 442. The lowest BCUT2D eigenvalue weighted by molar-refractivity contribution is 0.579. The van der Waals surface area contributed by atoms with Crippen molar-refractivity contribution in [3.8, 4) is 0 Å². The van der Waals surface area contributed by atoms with Crippen LogP contribution in [0.1, 0.15) is 0 Å².